The highest BCUT2D eigenvalue weighted by Crippen LogP contribution is 2.28. The summed E-state index contributed by atoms with van der Waals surface area (Å²) in [6.07, 6.45) is 0. The van der Waals surface area contributed by atoms with Crippen LogP contribution in [0.1, 0.15) is 11.4 Å². The molecule has 0 fully saturated rings. The van der Waals surface area contributed by atoms with Crippen LogP contribution >= 0.6 is 27.7 Å². The first-order chi connectivity index (χ1) is 10.1. The maximum absolute atomic E-state index is 10.7. The van der Waals surface area contributed by atoms with Crippen LogP contribution in [0.25, 0.3) is 5.69 Å². The predicted octanol–water partition coefficient (Wildman–Crippen LogP) is 1.57. The molecule has 108 valence electrons. The standard InChI is InChI=1S/C12H9BrN4O3S/c13-8-3-7(4-14)1-2-9(8)17-10(5-18)15-16-12(17)21-6-11(19)20/h1-3,18H,5-6H2,(H,19,20). The lowest BCUT2D eigenvalue weighted by Gasteiger charge is -2.10. The Balaban J connectivity index is 2.49. The van der Waals surface area contributed by atoms with Crippen LogP contribution in [-0.4, -0.2) is 36.7 Å². The van der Waals surface area contributed by atoms with Gasteiger partial charge in [0.15, 0.2) is 11.0 Å². The average molecular weight is 369 g/mol. The normalized spacial score (nSPS) is 10.3. The molecule has 0 aliphatic rings. The van der Waals surface area contributed by atoms with Gasteiger partial charge in [0.25, 0.3) is 0 Å². The Bertz CT molecular complexity index is 726. The highest BCUT2D eigenvalue weighted by molar-refractivity contribution is 9.10. The van der Waals surface area contributed by atoms with Gasteiger partial charge in [0, 0.05) is 4.47 Å². The number of nitrogens with zero attached hydrogens (tertiary/aromatic N) is 4. The lowest BCUT2D eigenvalue weighted by molar-refractivity contribution is -0.133. The van der Waals surface area contributed by atoms with Crippen molar-refractivity contribution in [2.45, 2.75) is 11.8 Å². The number of carbonyl (C=O) groups is 1. The van der Waals surface area contributed by atoms with E-state index in [1.54, 1.807) is 22.8 Å². The molecule has 1 heterocycles. The molecule has 1 aromatic heterocycles. The van der Waals surface area contributed by atoms with Gasteiger partial charge in [0.1, 0.15) is 6.61 Å². The number of halogens is 1. The number of hydrogen-bond donors (Lipinski definition) is 2. The van der Waals surface area contributed by atoms with Crippen molar-refractivity contribution in [1.82, 2.24) is 14.8 Å². The Morgan fingerprint density at radius 2 is 2.24 bits per heavy atom. The summed E-state index contributed by atoms with van der Waals surface area (Å²) in [6, 6.07) is 6.94. The van der Waals surface area contributed by atoms with E-state index >= 15 is 0 Å². The van der Waals surface area contributed by atoms with E-state index in [2.05, 4.69) is 26.1 Å². The van der Waals surface area contributed by atoms with Crippen molar-refractivity contribution in [1.29, 1.82) is 5.26 Å². The third-order valence-electron chi connectivity index (χ3n) is 2.48. The van der Waals surface area contributed by atoms with Crippen molar-refractivity contribution in [2.24, 2.45) is 0 Å². The van der Waals surface area contributed by atoms with Gasteiger partial charge < -0.3 is 10.2 Å². The van der Waals surface area contributed by atoms with E-state index in [0.717, 1.165) is 11.8 Å². The molecule has 0 bridgehead atoms. The van der Waals surface area contributed by atoms with Crippen molar-refractivity contribution in [2.75, 3.05) is 5.75 Å². The topological polar surface area (TPSA) is 112 Å². The predicted molar refractivity (Wildman–Crippen MR) is 78.1 cm³/mol. The summed E-state index contributed by atoms with van der Waals surface area (Å²) in [5.74, 6) is -0.857. The quantitative estimate of drug-likeness (QED) is 0.770. The first kappa shape index (κ1) is 15.5. The smallest absolute Gasteiger partial charge is 0.313 e. The number of nitriles is 1. The first-order valence-corrected chi connectivity index (χ1v) is 7.44. The van der Waals surface area contributed by atoms with Gasteiger partial charge >= 0.3 is 5.97 Å². The summed E-state index contributed by atoms with van der Waals surface area (Å²) in [6.45, 7) is -0.340. The number of aliphatic hydroxyl groups is 1. The summed E-state index contributed by atoms with van der Waals surface area (Å²) in [7, 11) is 0. The Labute approximate surface area is 132 Å². The van der Waals surface area contributed by atoms with E-state index in [1.807, 2.05) is 6.07 Å². The minimum absolute atomic E-state index is 0.169. The lowest BCUT2D eigenvalue weighted by atomic mass is 10.2. The Morgan fingerprint density at radius 1 is 1.48 bits per heavy atom. The van der Waals surface area contributed by atoms with Gasteiger partial charge in [-0.3, -0.25) is 9.36 Å². The second-order valence-electron chi connectivity index (χ2n) is 3.85. The third kappa shape index (κ3) is 3.41. The second-order valence-corrected chi connectivity index (χ2v) is 5.65. The highest BCUT2D eigenvalue weighted by atomic mass is 79.9. The van der Waals surface area contributed by atoms with Gasteiger partial charge in [0.05, 0.1) is 23.1 Å². The molecule has 0 spiro atoms. The molecule has 0 aliphatic heterocycles. The Morgan fingerprint density at radius 3 is 2.81 bits per heavy atom. The van der Waals surface area contributed by atoms with Crippen LogP contribution in [0.5, 0.6) is 0 Å². The van der Waals surface area contributed by atoms with E-state index < -0.39 is 5.97 Å². The molecule has 2 N–H and O–H groups in total. The fourth-order valence-corrected chi connectivity index (χ4v) is 2.86. The van der Waals surface area contributed by atoms with Crippen molar-refractivity contribution < 1.29 is 15.0 Å². The van der Waals surface area contributed by atoms with E-state index in [4.69, 9.17) is 10.4 Å². The van der Waals surface area contributed by atoms with Crippen molar-refractivity contribution in [3.05, 3.63) is 34.1 Å². The molecule has 21 heavy (non-hydrogen) atoms. The molecule has 0 amide bonds. The fraction of sp³-hybridized carbons (Fsp3) is 0.167. The second kappa shape index (κ2) is 6.71. The number of benzene rings is 1. The number of thioether (sulfide) groups is 1. The van der Waals surface area contributed by atoms with Crippen LogP contribution in [0, 0.1) is 11.3 Å². The number of carboxylic acids is 1. The van der Waals surface area contributed by atoms with Gasteiger partial charge in [0.2, 0.25) is 0 Å². The maximum Gasteiger partial charge on any atom is 0.313 e. The molecule has 7 nitrogen and oxygen atoms in total. The zero-order valence-electron chi connectivity index (χ0n) is 10.5. The van der Waals surface area contributed by atoms with E-state index in [0.29, 0.717) is 20.9 Å². The number of aliphatic carboxylic acids is 1. The van der Waals surface area contributed by atoms with Gasteiger partial charge in [-0.1, -0.05) is 11.8 Å². The molecule has 0 saturated heterocycles. The van der Waals surface area contributed by atoms with Crippen LogP contribution in [0.15, 0.2) is 27.8 Å². The molecule has 0 saturated carbocycles. The minimum atomic E-state index is -0.973. The molecule has 0 unspecified atom stereocenters. The summed E-state index contributed by atoms with van der Waals surface area (Å²) in [4.78, 5) is 10.7. The molecule has 2 rings (SSSR count). The summed E-state index contributed by atoms with van der Waals surface area (Å²) >= 11 is 4.35. The monoisotopic (exact) mass is 368 g/mol. The number of hydrogen-bond acceptors (Lipinski definition) is 6. The largest absolute Gasteiger partial charge is 0.481 e. The number of aromatic nitrogens is 3. The zero-order valence-corrected chi connectivity index (χ0v) is 12.9. The molecule has 2 aromatic rings. The van der Waals surface area contributed by atoms with E-state index in [-0.39, 0.29) is 18.2 Å². The maximum atomic E-state index is 10.7. The molecule has 9 heteroatoms. The molecular weight excluding hydrogens is 360 g/mol. The van der Waals surface area contributed by atoms with Crippen molar-refractivity contribution in [3.63, 3.8) is 0 Å². The van der Waals surface area contributed by atoms with Crippen molar-refractivity contribution in [3.8, 4) is 11.8 Å². The van der Waals surface area contributed by atoms with Crippen LogP contribution in [0.4, 0.5) is 0 Å². The third-order valence-corrected chi connectivity index (χ3v) is 4.03. The van der Waals surface area contributed by atoms with Crippen LogP contribution in [0.3, 0.4) is 0 Å². The number of rotatable bonds is 5. The van der Waals surface area contributed by atoms with Gasteiger partial charge in [-0.05, 0) is 34.1 Å². The molecule has 0 radical (unpaired) electrons. The fourth-order valence-electron chi connectivity index (χ4n) is 1.62. The van der Waals surface area contributed by atoms with Crippen LogP contribution in [0.2, 0.25) is 0 Å². The van der Waals surface area contributed by atoms with Crippen molar-refractivity contribution >= 4 is 33.7 Å². The summed E-state index contributed by atoms with van der Waals surface area (Å²) < 4.78 is 2.17. The van der Waals surface area contributed by atoms with Crippen LogP contribution < -0.4 is 0 Å². The lowest BCUT2D eigenvalue weighted by Crippen LogP contribution is -2.05. The van der Waals surface area contributed by atoms with Gasteiger partial charge in [-0.2, -0.15) is 5.26 Å². The zero-order chi connectivity index (χ0) is 15.4. The van der Waals surface area contributed by atoms with E-state index in [1.165, 1.54) is 0 Å². The Kier molecular flexibility index (Phi) is 4.95. The minimum Gasteiger partial charge on any atom is -0.481 e. The SMILES string of the molecule is N#Cc1ccc(-n2c(CO)nnc2SCC(=O)O)c(Br)c1. The molecule has 0 aliphatic carbocycles. The van der Waals surface area contributed by atoms with E-state index in [9.17, 15) is 9.90 Å². The Hall–Kier alpha value is -1.89. The summed E-state index contributed by atoms with van der Waals surface area (Å²) in [5, 5.41) is 35.0. The molecular formula is C12H9BrN4O3S. The summed E-state index contributed by atoms with van der Waals surface area (Å²) in [5.41, 5.74) is 1.10. The number of aliphatic hydroxyl groups excluding tert-OH is 1. The first-order valence-electron chi connectivity index (χ1n) is 5.66. The molecule has 0 atom stereocenters. The van der Waals surface area contributed by atoms with Gasteiger partial charge in [-0.15, -0.1) is 10.2 Å². The van der Waals surface area contributed by atoms with Crippen LogP contribution in [-0.2, 0) is 11.4 Å². The molecule has 1 aromatic carbocycles. The van der Waals surface area contributed by atoms with Gasteiger partial charge in [-0.25, -0.2) is 0 Å². The average Bonchev–Trinajstić information content (AvgIpc) is 2.87. The highest BCUT2D eigenvalue weighted by Gasteiger charge is 2.17. The number of carboxylic acid groups (broad SMARTS) is 1.